The Balaban J connectivity index is 1.52. The van der Waals surface area contributed by atoms with Gasteiger partial charge in [-0.3, -0.25) is 4.79 Å². The van der Waals surface area contributed by atoms with Crippen molar-refractivity contribution in [2.75, 3.05) is 26.2 Å². The molecule has 1 fully saturated rings. The first-order chi connectivity index (χ1) is 13.0. The first-order valence-corrected chi connectivity index (χ1v) is 8.77. The largest absolute Gasteiger partial charge is 0.335 e. The van der Waals surface area contributed by atoms with Crippen LogP contribution in [-0.2, 0) is 6.54 Å². The molecule has 0 aromatic heterocycles. The topological polar surface area (TPSA) is 52.7 Å². The van der Waals surface area contributed by atoms with Crippen molar-refractivity contribution >= 4 is 11.9 Å². The highest BCUT2D eigenvalue weighted by Crippen LogP contribution is 2.13. The molecule has 0 radical (unpaired) electrons. The van der Waals surface area contributed by atoms with Gasteiger partial charge in [0.25, 0.3) is 5.91 Å². The predicted molar refractivity (Wildman–Crippen MR) is 97.2 cm³/mol. The highest BCUT2D eigenvalue weighted by atomic mass is 19.1. The van der Waals surface area contributed by atoms with Crippen LogP contribution in [-0.4, -0.2) is 47.9 Å². The molecule has 7 heteroatoms. The lowest BCUT2D eigenvalue weighted by molar-refractivity contribution is 0.0664. The van der Waals surface area contributed by atoms with E-state index in [1.807, 2.05) is 0 Å². The molecule has 1 N–H and O–H groups in total. The molecule has 1 heterocycles. The third-order valence-corrected chi connectivity index (χ3v) is 4.66. The molecule has 1 saturated heterocycles. The van der Waals surface area contributed by atoms with E-state index < -0.39 is 5.82 Å². The second kappa shape index (κ2) is 8.16. The van der Waals surface area contributed by atoms with Gasteiger partial charge in [0.15, 0.2) is 0 Å². The summed E-state index contributed by atoms with van der Waals surface area (Å²) in [6.45, 7) is 3.20. The Kier molecular flexibility index (Phi) is 5.69. The van der Waals surface area contributed by atoms with E-state index in [9.17, 15) is 18.4 Å². The lowest BCUT2D eigenvalue weighted by atomic mass is 10.1. The predicted octanol–water partition coefficient (Wildman–Crippen LogP) is 2.94. The van der Waals surface area contributed by atoms with E-state index in [1.165, 1.54) is 12.1 Å². The van der Waals surface area contributed by atoms with Gasteiger partial charge in [0.05, 0.1) is 0 Å². The van der Waals surface area contributed by atoms with Crippen LogP contribution in [0.3, 0.4) is 0 Å². The van der Waals surface area contributed by atoms with Crippen molar-refractivity contribution in [1.82, 2.24) is 15.1 Å². The number of nitrogens with one attached hydrogen (secondary N) is 1. The number of hydrogen-bond donors (Lipinski definition) is 1. The minimum absolute atomic E-state index is 0.104. The van der Waals surface area contributed by atoms with E-state index in [0.29, 0.717) is 42.9 Å². The maximum atomic E-state index is 13.7. The fraction of sp³-hybridized carbons (Fsp3) is 0.300. The number of halogens is 2. The molecule has 3 rings (SSSR count). The highest BCUT2D eigenvalue weighted by Gasteiger charge is 2.25. The lowest BCUT2D eigenvalue weighted by Gasteiger charge is -2.34. The fourth-order valence-electron chi connectivity index (χ4n) is 2.95. The fourth-order valence-corrected chi connectivity index (χ4v) is 2.95. The third-order valence-electron chi connectivity index (χ3n) is 4.66. The zero-order chi connectivity index (χ0) is 19.4. The summed E-state index contributed by atoms with van der Waals surface area (Å²) in [5.41, 5.74) is 1.21. The van der Waals surface area contributed by atoms with Gasteiger partial charge in [-0.2, -0.15) is 0 Å². The van der Waals surface area contributed by atoms with Gasteiger partial charge in [-0.05, 0) is 30.7 Å². The van der Waals surface area contributed by atoms with E-state index in [0.717, 1.165) is 0 Å². The number of hydrogen-bond acceptors (Lipinski definition) is 2. The molecule has 5 nitrogen and oxygen atoms in total. The minimum Gasteiger partial charge on any atom is -0.335 e. The van der Waals surface area contributed by atoms with Crippen molar-refractivity contribution in [2.24, 2.45) is 0 Å². The van der Waals surface area contributed by atoms with Gasteiger partial charge < -0.3 is 15.1 Å². The highest BCUT2D eigenvalue weighted by molar-refractivity contribution is 5.94. The van der Waals surface area contributed by atoms with Crippen LogP contribution >= 0.6 is 0 Å². The number of piperazine rings is 1. The van der Waals surface area contributed by atoms with Gasteiger partial charge in [-0.15, -0.1) is 0 Å². The van der Waals surface area contributed by atoms with Gasteiger partial charge in [0.2, 0.25) is 0 Å². The Labute approximate surface area is 156 Å². The van der Waals surface area contributed by atoms with E-state index in [-0.39, 0.29) is 24.3 Å². The maximum absolute atomic E-state index is 13.7. The summed E-state index contributed by atoms with van der Waals surface area (Å²) in [4.78, 5) is 27.9. The van der Waals surface area contributed by atoms with E-state index in [4.69, 9.17) is 0 Å². The Morgan fingerprint density at radius 3 is 2.30 bits per heavy atom. The van der Waals surface area contributed by atoms with Crippen LogP contribution < -0.4 is 5.32 Å². The molecule has 0 aliphatic carbocycles. The molecule has 142 valence electrons. The number of benzene rings is 2. The number of rotatable bonds is 3. The summed E-state index contributed by atoms with van der Waals surface area (Å²) < 4.78 is 27.3. The van der Waals surface area contributed by atoms with Crippen molar-refractivity contribution in [2.45, 2.75) is 13.5 Å². The summed E-state index contributed by atoms with van der Waals surface area (Å²) in [5.74, 6) is -1.02. The molecule has 0 unspecified atom stereocenters. The van der Waals surface area contributed by atoms with Gasteiger partial charge in [0, 0.05) is 43.9 Å². The van der Waals surface area contributed by atoms with Crippen LogP contribution in [0.25, 0.3) is 0 Å². The first-order valence-electron chi connectivity index (χ1n) is 8.77. The number of carbonyl (C=O) groups excluding carboxylic acids is 2. The minimum atomic E-state index is -0.410. The number of urea groups is 1. The van der Waals surface area contributed by atoms with Gasteiger partial charge in [-0.1, -0.05) is 24.3 Å². The van der Waals surface area contributed by atoms with E-state index >= 15 is 0 Å². The summed E-state index contributed by atoms with van der Waals surface area (Å²) in [7, 11) is 0. The number of carbonyl (C=O) groups is 2. The van der Waals surface area contributed by atoms with E-state index in [1.54, 1.807) is 47.1 Å². The Morgan fingerprint density at radius 1 is 0.963 bits per heavy atom. The van der Waals surface area contributed by atoms with Crippen molar-refractivity contribution < 1.29 is 18.4 Å². The van der Waals surface area contributed by atoms with Crippen molar-refractivity contribution in [1.29, 1.82) is 0 Å². The molecule has 2 aromatic rings. The number of nitrogens with zero attached hydrogens (tertiary/aromatic N) is 2. The first kappa shape index (κ1) is 18.8. The average molecular weight is 373 g/mol. The van der Waals surface area contributed by atoms with Crippen molar-refractivity contribution in [3.63, 3.8) is 0 Å². The normalized spacial score (nSPS) is 14.2. The summed E-state index contributed by atoms with van der Waals surface area (Å²) in [5, 5.41) is 2.69. The average Bonchev–Trinajstić information content (AvgIpc) is 2.69. The lowest BCUT2D eigenvalue weighted by Crippen LogP contribution is -2.53. The molecular formula is C20H21F2N3O2. The van der Waals surface area contributed by atoms with Crippen LogP contribution in [0.15, 0.2) is 42.5 Å². The Hall–Kier alpha value is -2.96. The van der Waals surface area contributed by atoms with Crippen molar-refractivity contribution in [3.05, 3.63) is 70.8 Å². The third kappa shape index (κ3) is 4.42. The molecule has 0 bridgehead atoms. The molecule has 27 heavy (non-hydrogen) atoms. The molecule has 0 saturated carbocycles. The second-order valence-electron chi connectivity index (χ2n) is 6.49. The molecular weight excluding hydrogens is 352 g/mol. The standard InChI is InChI=1S/C20H21F2N3O2/c1-14-6-7-15(12-18(14)22)19(26)24-8-10-25(11-9-24)20(27)23-13-16-4-2-3-5-17(16)21/h2-7,12H,8-11,13H2,1H3,(H,23,27). The van der Waals surface area contributed by atoms with Crippen LogP contribution in [0.1, 0.15) is 21.5 Å². The summed E-state index contributed by atoms with van der Waals surface area (Å²) in [6.07, 6.45) is 0. The van der Waals surface area contributed by atoms with Gasteiger partial charge >= 0.3 is 6.03 Å². The number of amides is 3. The van der Waals surface area contributed by atoms with Crippen LogP contribution in [0.2, 0.25) is 0 Å². The molecule has 0 spiro atoms. The van der Waals surface area contributed by atoms with E-state index in [2.05, 4.69) is 5.32 Å². The molecule has 3 amide bonds. The Bertz CT molecular complexity index is 849. The second-order valence-corrected chi connectivity index (χ2v) is 6.49. The number of aryl methyl sites for hydroxylation is 1. The maximum Gasteiger partial charge on any atom is 0.317 e. The zero-order valence-electron chi connectivity index (χ0n) is 15.0. The Morgan fingerprint density at radius 2 is 1.63 bits per heavy atom. The monoisotopic (exact) mass is 373 g/mol. The van der Waals surface area contributed by atoms with Gasteiger partial charge in [0.1, 0.15) is 11.6 Å². The van der Waals surface area contributed by atoms with Crippen molar-refractivity contribution in [3.8, 4) is 0 Å². The smallest absolute Gasteiger partial charge is 0.317 e. The molecule has 0 atom stereocenters. The molecule has 1 aliphatic rings. The van der Waals surface area contributed by atoms with Crippen LogP contribution in [0, 0.1) is 18.6 Å². The SMILES string of the molecule is Cc1ccc(C(=O)N2CCN(C(=O)NCc3ccccc3F)CC2)cc1F. The van der Waals surface area contributed by atoms with Crippen LogP contribution in [0.5, 0.6) is 0 Å². The van der Waals surface area contributed by atoms with Gasteiger partial charge in [-0.25, -0.2) is 13.6 Å². The molecule has 1 aliphatic heterocycles. The summed E-state index contributed by atoms with van der Waals surface area (Å²) in [6, 6.07) is 10.4. The van der Waals surface area contributed by atoms with Crippen LogP contribution in [0.4, 0.5) is 13.6 Å². The quantitative estimate of drug-likeness (QED) is 0.899. The zero-order valence-corrected chi connectivity index (χ0v) is 15.0. The summed E-state index contributed by atoms with van der Waals surface area (Å²) >= 11 is 0. The molecule has 2 aromatic carbocycles.